The summed E-state index contributed by atoms with van der Waals surface area (Å²) in [5, 5.41) is 18.9. The van der Waals surface area contributed by atoms with Crippen LogP contribution >= 0.6 is 24.8 Å². The molecule has 1 aromatic heterocycles. The minimum absolute atomic E-state index is 0. The maximum Gasteiger partial charge on any atom is 0.126 e. The molecule has 0 unspecified atom stereocenters. The molecule has 0 saturated heterocycles. The van der Waals surface area contributed by atoms with Crippen molar-refractivity contribution in [2.75, 3.05) is 0 Å². The molecule has 172 valence electrons. The van der Waals surface area contributed by atoms with Crippen LogP contribution in [0.1, 0.15) is 38.8 Å². The van der Waals surface area contributed by atoms with Gasteiger partial charge in [0, 0.05) is 28.8 Å². The number of benzene rings is 2. The monoisotopic (exact) mass is 477 g/mol. The number of halogens is 2. The summed E-state index contributed by atoms with van der Waals surface area (Å²) in [6.07, 6.45) is 1.75. The van der Waals surface area contributed by atoms with Crippen LogP contribution in [-0.4, -0.2) is 43.9 Å². The number of phenols is 1. The predicted octanol–water partition coefficient (Wildman–Crippen LogP) is 3.71. The predicted molar refractivity (Wildman–Crippen MR) is 135 cm³/mol. The molecule has 10 heteroatoms. The summed E-state index contributed by atoms with van der Waals surface area (Å²) in [6, 6.07) is 12.9. The van der Waals surface area contributed by atoms with Crippen LogP contribution in [-0.2, 0) is 0 Å². The van der Waals surface area contributed by atoms with Crippen molar-refractivity contribution in [1.29, 1.82) is 0 Å². The van der Waals surface area contributed by atoms with Gasteiger partial charge in [-0.2, -0.15) is 0 Å². The lowest BCUT2D eigenvalue weighted by molar-refractivity contribution is 0.477. The highest BCUT2D eigenvalue weighted by molar-refractivity contribution is 5.99. The summed E-state index contributed by atoms with van der Waals surface area (Å²) in [4.78, 5) is 8.69. The zero-order valence-corrected chi connectivity index (χ0v) is 20.1. The van der Waals surface area contributed by atoms with Crippen molar-refractivity contribution < 1.29 is 5.11 Å². The van der Waals surface area contributed by atoms with E-state index in [-0.39, 0.29) is 42.6 Å². The Bertz CT molecular complexity index is 1110. The number of hydrogen-bond donors (Lipinski definition) is 3. The van der Waals surface area contributed by atoms with E-state index >= 15 is 0 Å². The molecule has 8 nitrogen and oxygen atoms in total. The quantitative estimate of drug-likeness (QED) is 0.368. The van der Waals surface area contributed by atoms with Gasteiger partial charge in [0.25, 0.3) is 0 Å². The molecular formula is C22H29Cl2N7O. The molecule has 3 rings (SSSR count). The molecule has 0 amide bonds. The first-order valence-electron chi connectivity index (χ1n) is 9.78. The molecule has 3 aromatic rings. The Hall–Kier alpha value is -3.10. The van der Waals surface area contributed by atoms with Gasteiger partial charge >= 0.3 is 0 Å². The number of nitrogens with zero attached hydrogens (tertiary/aromatic N) is 5. The number of aromatic hydroxyl groups is 1. The molecule has 0 aliphatic carbocycles. The van der Waals surface area contributed by atoms with E-state index in [0.717, 1.165) is 11.3 Å². The average Bonchev–Trinajstić information content (AvgIpc) is 3.17. The fourth-order valence-electron chi connectivity index (χ4n) is 2.93. The standard InChI is InChI=1S/C22H27N7O.2ClH/c1-13(2)25-21(23)15-6-5-7-17(10-15)29-12-19(27-28-29)18-9-8-16(11-20(18)30)22(24)26-14(3)4;;/h5-14,30H,1-4H3,(H2,23,25)(H2,24,26);2*1H. The SMILES string of the molecule is CC(C)N=C(N)c1cccc(-n2cc(-c3ccc(C(N)=NC(C)C)cc3O)nn2)c1.Cl.Cl. The van der Waals surface area contributed by atoms with Gasteiger partial charge in [0.05, 0.1) is 11.9 Å². The molecule has 2 aromatic carbocycles. The minimum atomic E-state index is 0. The molecule has 1 heterocycles. The highest BCUT2D eigenvalue weighted by Crippen LogP contribution is 2.29. The number of amidine groups is 2. The largest absolute Gasteiger partial charge is 0.507 e. The maximum absolute atomic E-state index is 10.5. The Morgan fingerprint density at radius 3 is 2.06 bits per heavy atom. The van der Waals surface area contributed by atoms with E-state index < -0.39 is 0 Å². The number of nitrogens with two attached hydrogens (primary N) is 2. The van der Waals surface area contributed by atoms with E-state index in [0.29, 0.717) is 28.5 Å². The average molecular weight is 478 g/mol. The summed E-state index contributed by atoms with van der Waals surface area (Å²) >= 11 is 0. The van der Waals surface area contributed by atoms with E-state index in [9.17, 15) is 5.11 Å². The van der Waals surface area contributed by atoms with Gasteiger partial charge in [-0.1, -0.05) is 23.4 Å². The Kier molecular flexibility index (Phi) is 9.68. The summed E-state index contributed by atoms with van der Waals surface area (Å²) in [7, 11) is 0. The van der Waals surface area contributed by atoms with Crippen molar-refractivity contribution >= 4 is 36.5 Å². The Morgan fingerprint density at radius 1 is 0.906 bits per heavy atom. The molecule has 0 fully saturated rings. The topological polar surface area (TPSA) is 128 Å². The van der Waals surface area contributed by atoms with Crippen LogP contribution in [0.3, 0.4) is 0 Å². The lowest BCUT2D eigenvalue weighted by Gasteiger charge is -2.07. The fraction of sp³-hybridized carbons (Fsp3) is 0.273. The van der Waals surface area contributed by atoms with Crippen LogP contribution in [0, 0.1) is 0 Å². The van der Waals surface area contributed by atoms with Gasteiger partial charge in [-0.3, -0.25) is 9.98 Å². The van der Waals surface area contributed by atoms with Gasteiger partial charge < -0.3 is 16.6 Å². The molecule has 0 atom stereocenters. The third-order valence-electron chi connectivity index (χ3n) is 4.26. The number of aliphatic imine (C=N–C) groups is 2. The summed E-state index contributed by atoms with van der Waals surface area (Å²) < 4.78 is 1.63. The number of phenolic OH excluding ortho intramolecular Hbond substituents is 1. The third-order valence-corrected chi connectivity index (χ3v) is 4.26. The molecule has 0 spiro atoms. The normalized spacial score (nSPS) is 11.9. The van der Waals surface area contributed by atoms with Gasteiger partial charge in [-0.25, -0.2) is 4.68 Å². The number of aromatic nitrogens is 3. The van der Waals surface area contributed by atoms with Crippen molar-refractivity contribution in [3.63, 3.8) is 0 Å². The zero-order valence-electron chi connectivity index (χ0n) is 18.4. The van der Waals surface area contributed by atoms with Gasteiger partial charge in [0.1, 0.15) is 23.1 Å². The lowest BCUT2D eigenvalue weighted by atomic mass is 10.1. The Balaban J connectivity index is 0.00000256. The van der Waals surface area contributed by atoms with Crippen LogP contribution in [0.25, 0.3) is 16.9 Å². The van der Waals surface area contributed by atoms with Crippen LogP contribution < -0.4 is 11.5 Å². The molecule has 0 bridgehead atoms. The van der Waals surface area contributed by atoms with Crippen LogP contribution in [0.2, 0.25) is 0 Å². The smallest absolute Gasteiger partial charge is 0.126 e. The highest BCUT2D eigenvalue weighted by atomic mass is 35.5. The van der Waals surface area contributed by atoms with Crippen LogP contribution in [0.5, 0.6) is 5.75 Å². The molecule has 0 saturated carbocycles. The first-order chi connectivity index (χ1) is 14.2. The Labute approximate surface area is 200 Å². The van der Waals surface area contributed by atoms with Gasteiger partial charge in [0.2, 0.25) is 0 Å². The van der Waals surface area contributed by atoms with E-state index in [2.05, 4.69) is 20.3 Å². The summed E-state index contributed by atoms with van der Waals surface area (Å²) in [5.74, 6) is 0.914. The lowest BCUT2D eigenvalue weighted by Crippen LogP contribution is -2.16. The van der Waals surface area contributed by atoms with Gasteiger partial charge in [0.15, 0.2) is 0 Å². The molecule has 0 aliphatic heterocycles. The van der Waals surface area contributed by atoms with Gasteiger partial charge in [-0.05, 0) is 52.0 Å². The van der Waals surface area contributed by atoms with E-state index in [1.165, 1.54) is 0 Å². The van der Waals surface area contributed by atoms with Crippen molar-refractivity contribution in [3.8, 4) is 22.7 Å². The van der Waals surface area contributed by atoms with Crippen molar-refractivity contribution in [2.24, 2.45) is 21.5 Å². The van der Waals surface area contributed by atoms with Gasteiger partial charge in [-0.15, -0.1) is 29.9 Å². The minimum Gasteiger partial charge on any atom is -0.507 e. The van der Waals surface area contributed by atoms with E-state index in [4.69, 9.17) is 11.5 Å². The second-order valence-electron chi connectivity index (χ2n) is 7.55. The molecular weight excluding hydrogens is 449 g/mol. The highest BCUT2D eigenvalue weighted by Gasteiger charge is 2.12. The van der Waals surface area contributed by atoms with Crippen LogP contribution in [0.15, 0.2) is 58.6 Å². The Morgan fingerprint density at radius 2 is 1.50 bits per heavy atom. The molecule has 0 aliphatic rings. The molecule has 0 radical (unpaired) electrons. The summed E-state index contributed by atoms with van der Waals surface area (Å²) in [5.41, 5.74) is 15.4. The number of hydrogen-bond acceptors (Lipinski definition) is 5. The molecule has 5 N–H and O–H groups in total. The van der Waals surface area contributed by atoms with Crippen LogP contribution in [0.4, 0.5) is 0 Å². The zero-order chi connectivity index (χ0) is 21.8. The fourth-order valence-corrected chi connectivity index (χ4v) is 2.93. The van der Waals surface area contributed by atoms with Crippen molar-refractivity contribution in [3.05, 3.63) is 59.8 Å². The second-order valence-corrected chi connectivity index (χ2v) is 7.55. The second kappa shape index (κ2) is 11.5. The summed E-state index contributed by atoms with van der Waals surface area (Å²) in [6.45, 7) is 7.83. The van der Waals surface area contributed by atoms with E-state index in [1.54, 1.807) is 29.1 Å². The first kappa shape index (κ1) is 26.9. The first-order valence-corrected chi connectivity index (χ1v) is 9.78. The van der Waals surface area contributed by atoms with E-state index in [1.807, 2.05) is 52.0 Å². The third kappa shape index (κ3) is 6.45. The van der Waals surface area contributed by atoms with Crippen molar-refractivity contribution in [2.45, 2.75) is 39.8 Å². The number of rotatable bonds is 6. The maximum atomic E-state index is 10.5. The van der Waals surface area contributed by atoms with Crippen molar-refractivity contribution in [1.82, 2.24) is 15.0 Å². The molecule has 32 heavy (non-hydrogen) atoms.